The smallest absolute Gasteiger partial charge is 0.331 e. The molecule has 0 unspecified atom stereocenters. The Morgan fingerprint density at radius 1 is 1.24 bits per heavy atom. The zero-order valence-electron chi connectivity index (χ0n) is 13.8. The molecule has 2 heterocycles. The second-order valence-electron chi connectivity index (χ2n) is 5.77. The average Bonchev–Trinajstić information content (AvgIpc) is 3.03. The van der Waals surface area contributed by atoms with Gasteiger partial charge in [-0.3, -0.25) is 19.3 Å². The molecule has 3 aromatic rings. The lowest BCUT2D eigenvalue weighted by Gasteiger charge is -2.08. The van der Waals surface area contributed by atoms with Crippen LogP contribution in [0.3, 0.4) is 0 Å². The molecule has 0 fully saturated rings. The average molecular weight is 339 g/mol. The van der Waals surface area contributed by atoms with E-state index in [-0.39, 0.29) is 12.1 Å². The van der Waals surface area contributed by atoms with E-state index in [0.29, 0.717) is 11.4 Å². The van der Waals surface area contributed by atoms with Crippen molar-refractivity contribution in [2.45, 2.75) is 20.4 Å². The number of aromatic amines is 1. The van der Waals surface area contributed by atoms with E-state index in [1.54, 1.807) is 12.1 Å². The molecule has 2 aromatic heterocycles. The molecule has 3 rings (SSSR count). The van der Waals surface area contributed by atoms with Gasteiger partial charge >= 0.3 is 5.69 Å². The van der Waals surface area contributed by atoms with Gasteiger partial charge in [-0.25, -0.2) is 4.79 Å². The summed E-state index contributed by atoms with van der Waals surface area (Å²) >= 11 is 0. The molecule has 0 bridgehead atoms. The maximum atomic E-state index is 12.0. The van der Waals surface area contributed by atoms with E-state index in [4.69, 9.17) is 4.42 Å². The van der Waals surface area contributed by atoms with Gasteiger partial charge in [-0.15, -0.1) is 0 Å². The van der Waals surface area contributed by atoms with Crippen LogP contribution in [0.25, 0.3) is 0 Å². The summed E-state index contributed by atoms with van der Waals surface area (Å²) in [6, 6.07) is 9.06. The minimum absolute atomic E-state index is 0.00115. The maximum Gasteiger partial charge on any atom is 0.331 e. The Balaban J connectivity index is 2.02. The Bertz CT molecular complexity index is 1020. The van der Waals surface area contributed by atoms with E-state index >= 15 is 0 Å². The molecule has 0 saturated carbocycles. The molecule has 0 atom stereocenters. The summed E-state index contributed by atoms with van der Waals surface area (Å²) in [5, 5.41) is 10.3. The monoisotopic (exact) mass is 339 g/mol. The highest BCUT2D eigenvalue weighted by Crippen LogP contribution is 2.18. The van der Waals surface area contributed by atoms with Gasteiger partial charge in [-0.1, -0.05) is 6.07 Å². The first-order chi connectivity index (χ1) is 11.9. The zero-order chi connectivity index (χ0) is 18.0. The number of H-pyrrole nitrogens is 1. The standard InChI is InChI=1S/C18H17N3O4/c1-11-6-12(2)8-13(7-11)19-9-15-16(22)20-18(24)21(17(15)23)10-14-4-3-5-25-14/h3-9,23H,10H2,1-2H3,(H,20,22,24). The third-order valence-corrected chi connectivity index (χ3v) is 3.65. The summed E-state index contributed by atoms with van der Waals surface area (Å²) in [5.74, 6) is 0.0138. The van der Waals surface area contributed by atoms with Crippen LogP contribution in [0.1, 0.15) is 22.5 Å². The fraction of sp³-hybridized carbons (Fsp3) is 0.167. The number of furan rings is 1. The largest absolute Gasteiger partial charge is 0.494 e. The molecule has 25 heavy (non-hydrogen) atoms. The van der Waals surface area contributed by atoms with Gasteiger partial charge in [0.25, 0.3) is 5.56 Å². The first kappa shape index (κ1) is 16.5. The highest BCUT2D eigenvalue weighted by molar-refractivity contribution is 5.84. The molecule has 0 aliphatic carbocycles. The Kier molecular flexibility index (Phi) is 4.38. The van der Waals surface area contributed by atoms with Crippen LogP contribution in [0.4, 0.5) is 5.69 Å². The van der Waals surface area contributed by atoms with Crippen LogP contribution in [0.15, 0.2) is 55.6 Å². The van der Waals surface area contributed by atoms with Crippen molar-refractivity contribution < 1.29 is 9.52 Å². The number of aliphatic imine (C=N–C) groups is 1. The number of hydrogen-bond donors (Lipinski definition) is 2. The molecular weight excluding hydrogens is 322 g/mol. The van der Waals surface area contributed by atoms with Gasteiger partial charge in [0.2, 0.25) is 5.88 Å². The number of aromatic hydroxyl groups is 1. The predicted molar refractivity (Wildman–Crippen MR) is 94.0 cm³/mol. The summed E-state index contributed by atoms with van der Waals surface area (Å²) in [4.78, 5) is 30.4. The van der Waals surface area contributed by atoms with Gasteiger partial charge in [0.1, 0.15) is 11.3 Å². The highest BCUT2D eigenvalue weighted by atomic mass is 16.3. The molecule has 0 saturated heterocycles. The summed E-state index contributed by atoms with van der Waals surface area (Å²) in [7, 11) is 0. The molecule has 1 aromatic carbocycles. The van der Waals surface area contributed by atoms with Crippen LogP contribution < -0.4 is 11.2 Å². The summed E-state index contributed by atoms with van der Waals surface area (Å²) < 4.78 is 6.19. The fourth-order valence-corrected chi connectivity index (χ4v) is 2.56. The summed E-state index contributed by atoms with van der Waals surface area (Å²) in [6.45, 7) is 3.89. The number of hydrogen-bond acceptors (Lipinski definition) is 5. The minimum Gasteiger partial charge on any atom is -0.494 e. The molecule has 128 valence electrons. The lowest BCUT2D eigenvalue weighted by Crippen LogP contribution is -2.32. The fourth-order valence-electron chi connectivity index (χ4n) is 2.56. The van der Waals surface area contributed by atoms with Gasteiger partial charge in [0, 0.05) is 6.21 Å². The molecule has 7 nitrogen and oxygen atoms in total. The molecule has 0 spiro atoms. The van der Waals surface area contributed by atoms with Crippen LogP contribution in [-0.2, 0) is 6.54 Å². The van der Waals surface area contributed by atoms with Crippen LogP contribution in [0.5, 0.6) is 5.88 Å². The van der Waals surface area contributed by atoms with Crippen molar-refractivity contribution in [1.82, 2.24) is 9.55 Å². The van der Waals surface area contributed by atoms with Crippen LogP contribution in [0.2, 0.25) is 0 Å². The topological polar surface area (TPSA) is 101 Å². The van der Waals surface area contributed by atoms with E-state index < -0.39 is 17.1 Å². The lowest BCUT2D eigenvalue weighted by atomic mass is 10.1. The Hall–Kier alpha value is -3.35. The van der Waals surface area contributed by atoms with E-state index in [1.807, 2.05) is 32.0 Å². The maximum absolute atomic E-state index is 12.0. The lowest BCUT2D eigenvalue weighted by molar-refractivity contribution is 0.392. The van der Waals surface area contributed by atoms with Gasteiger partial charge in [0.05, 0.1) is 18.5 Å². The van der Waals surface area contributed by atoms with Crippen LogP contribution in [-0.4, -0.2) is 20.9 Å². The van der Waals surface area contributed by atoms with E-state index in [0.717, 1.165) is 15.7 Å². The molecule has 0 radical (unpaired) electrons. The van der Waals surface area contributed by atoms with Crippen molar-refractivity contribution in [1.29, 1.82) is 0 Å². The highest BCUT2D eigenvalue weighted by Gasteiger charge is 2.13. The second-order valence-corrected chi connectivity index (χ2v) is 5.77. The van der Waals surface area contributed by atoms with Gasteiger partial charge in [-0.2, -0.15) is 0 Å². The minimum atomic E-state index is -0.720. The molecule has 0 aliphatic heterocycles. The number of rotatable bonds is 4. The number of aryl methyl sites for hydroxylation is 2. The van der Waals surface area contributed by atoms with Crippen LogP contribution in [0, 0.1) is 13.8 Å². The van der Waals surface area contributed by atoms with Gasteiger partial charge < -0.3 is 9.52 Å². The SMILES string of the molecule is Cc1cc(C)cc(N=Cc2c(O)n(Cc3ccco3)c(=O)[nH]c2=O)c1. The number of nitrogens with zero attached hydrogens (tertiary/aromatic N) is 2. The summed E-state index contributed by atoms with van der Waals surface area (Å²) in [5.41, 5.74) is 1.21. The second kappa shape index (κ2) is 6.64. The normalized spacial score (nSPS) is 11.3. The zero-order valence-corrected chi connectivity index (χ0v) is 13.8. The van der Waals surface area contributed by atoms with Gasteiger partial charge in [-0.05, 0) is 49.2 Å². The first-order valence-electron chi connectivity index (χ1n) is 7.65. The van der Waals surface area contributed by atoms with E-state index in [9.17, 15) is 14.7 Å². The molecule has 0 aliphatic rings. The quantitative estimate of drug-likeness (QED) is 0.712. The Morgan fingerprint density at radius 2 is 1.96 bits per heavy atom. The molecule has 7 heteroatoms. The van der Waals surface area contributed by atoms with Gasteiger partial charge in [0.15, 0.2) is 0 Å². The molecule has 2 N–H and O–H groups in total. The number of benzene rings is 1. The third-order valence-electron chi connectivity index (χ3n) is 3.65. The van der Waals surface area contributed by atoms with E-state index in [1.165, 1.54) is 12.5 Å². The van der Waals surface area contributed by atoms with Crippen molar-refractivity contribution in [3.8, 4) is 5.88 Å². The first-order valence-corrected chi connectivity index (χ1v) is 7.65. The number of nitrogens with one attached hydrogen (secondary N) is 1. The van der Waals surface area contributed by atoms with Crippen molar-refractivity contribution >= 4 is 11.9 Å². The molecular formula is C18H17N3O4. The molecule has 0 amide bonds. The predicted octanol–water partition coefficient (Wildman–Crippen LogP) is 2.25. The van der Waals surface area contributed by atoms with Crippen molar-refractivity contribution in [3.05, 3.63) is 79.9 Å². The van der Waals surface area contributed by atoms with Crippen molar-refractivity contribution in [2.24, 2.45) is 4.99 Å². The van der Waals surface area contributed by atoms with Crippen molar-refractivity contribution in [2.75, 3.05) is 0 Å². The Labute approximate surface area is 142 Å². The Morgan fingerprint density at radius 3 is 2.60 bits per heavy atom. The summed E-state index contributed by atoms with van der Waals surface area (Å²) in [6.07, 6.45) is 2.71. The number of aromatic nitrogens is 2. The van der Waals surface area contributed by atoms with Crippen LogP contribution >= 0.6 is 0 Å². The third kappa shape index (κ3) is 3.60. The van der Waals surface area contributed by atoms with E-state index in [2.05, 4.69) is 9.98 Å². The van der Waals surface area contributed by atoms with Crippen molar-refractivity contribution in [3.63, 3.8) is 0 Å².